The van der Waals surface area contributed by atoms with Gasteiger partial charge in [-0.3, -0.25) is 0 Å². The molecule has 0 fully saturated rings. The Morgan fingerprint density at radius 2 is 2.00 bits per heavy atom. The van der Waals surface area contributed by atoms with E-state index in [1.807, 2.05) is 0 Å². The van der Waals surface area contributed by atoms with Crippen molar-refractivity contribution < 1.29 is 13.2 Å². The molecule has 0 bridgehead atoms. The molecule has 1 aliphatic rings. The normalized spacial score (nSPS) is 20.8. The van der Waals surface area contributed by atoms with Crippen molar-refractivity contribution in [2.24, 2.45) is 5.73 Å². The van der Waals surface area contributed by atoms with Gasteiger partial charge in [-0.1, -0.05) is 6.07 Å². The van der Waals surface area contributed by atoms with E-state index in [0.717, 1.165) is 17.2 Å². The fourth-order valence-corrected chi connectivity index (χ4v) is 1.54. The highest BCUT2D eigenvalue weighted by Crippen LogP contribution is 2.36. The Morgan fingerprint density at radius 1 is 1.31 bits per heavy atom. The van der Waals surface area contributed by atoms with Crippen molar-refractivity contribution in [1.29, 1.82) is 0 Å². The van der Waals surface area contributed by atoms with Crippen LogP contribution in [0.2, 0.25) is 0 Å². The molecular formula is C9H8F3N. The van der Waals surface area contributed by atoms with Gasteiger partial charge in [-0.25, -0.2) is 0 Å². The second-order valence-corrected chi connectivity index (χ2v) is 3.22. The van der Waals surface area contributed by atoms with Gasteiger partial charge in [0, 0.05) is 6.04 Å². The first-order valence-electron chi connectivity index (χ1n) is 3.94. The number of hydrogen-bond donors (Lipinski definition) is 1. The van der Waals surface area contributed by atoms with Crippen LogP contribution in [0.25, 0.3) is 0 Å². The Hall–Kier alpha value is -1.03. The molecule has 1 aromatic rings. The molecular weight excluding hydrogens is 179 g/mol. The predicted molar refractivity (Wildman–Crippen MR) is 42.1 cm³/mol. The van der Waals surface area contributed by atoms with Crippen molar-refractivity contribution in [3.8, 4) is 0 Å². The third-order valence-electron chi connectivity index (χ3n) is 2.31. The number of benzene rings is 1. The number of halogens is 3. The topological polar surface area (TPSA) is 26.0 Å². The maximum absolute atomic E-state index is 12.2. The van der Waals surface area contributed by atoms with E-state index < -0.39 is 11.7 Å². The molecule has 0 saturated carbocycles. The van der Waals surface area contributed by atoms with Crippen LogP contribution in [0.4, 0.5) is 13.2 Å². The van der Waals surface area contributed by atoms with Crippen LogP contribution < -0.4 is 5.73 Å². The van der Waals surface area contributed by atoms with E-state index in [0.29, 0.717) is 6.42 Å². The fourth-order valence-electron chi connectivity index (χ4n) is 1.54. The molecule has 1 aromatic carbocycles. The zero-order valence-electron chi connectivity index (χ0n) is 6.73. The Bertz CT molecular complexity index is 343. The third-order valence-corrected chi connectivity index (χ3v) is 2.31. The maximum atomic E-state index is 12.2. The Balaban J connectivity index is 2.39. The highest BCUT2D eigenvalue weighted by Gasteiger charge is 2.33. The number of hydrogen-bond acceptors (Lipinski definition) is 1. The first kappa shape index (κ1) is 8.56. The molecule has 13 heavy (non-hydrogen) atoms. The quantitative estimate of drug-likeness (QED) is 0.662. The monoisotopic (exact) mass is 187 g/mol. The van der Waals surface area contributed by atoms with Crippen LogP contribution in [0.15, 0.2) is 18.2 Å². The number of rotatable bonds is 0. The Kier molecular flexibility index (Phi) is 1.63. The Labute approximate surface area is 73.4 Å². The lowest BCUT2D eigenvalue weighted by Gasteiger charge is -2.27. The molecule has 0 spiro atoms. The van der Waals surface area contributed by atoms with Gasteiger partial charge in [-0.2, -0.15) is 13.2 Å². The summed E-state index contributed by atoms with van der Waals surface area (Å²) in [6.45, 7) is 0. The SMILES string of the molecule is NC1Cc2cc(C(F)(F)F)ccc21. The highest BCUT2D eigenvalue weighted by atomic mass is 19.4. The number of fused-ring (bicyclic) bond motifs is 1. The van der Waals surface area contributed by atoms with Crippen molar-refractivity contribution in [3.05, 3.63) is 34.9 Å². The second kappa shape index (κ2) is 2.48. The lowest BCUT2D eigenvalue weighted by Crippen LogP contribution is -2.25. The first-order chi connectivity index (χ1) is 5.98. The lowest BCUT2D eigenvalue weighted by molar-refractivity contribution is -0.137. The molecule has 1 nitrogen and oxygen atoms in total. The van der Waals surface area contributed by atoms with Gasteiger partial charge >= 0.3 is 6.18 Å². The summed E-state index contributed by atoms with van der Waals surface area (Å²) in [5.74, 6) is 0. The molecule has 0 radical (unpaired) electrons. The Morgan fingerprint density at radius 3 is 2.46 bits per heavy atom. The summed E-state index contributed by atoms with van der Waals surface area (Å²) in [7, 11) is 0. The van der Waals surface area contributed by atoms with Crippen molar-refractivity contribution in [2.75, 3.05) is 0 Å². The highest BCUT2D eigenvalue weighted by molar-refractivity contribution is 5.42. The van der Waals surface area contributed by atoms with Crippen molar-refractivity contribution in [1.82, 2.24) is 0 Å². The average molecular weight is 187 g/mol. The molecule has 2 N–H and O–H groups in total. The van der Waals surface area contributed by atoms with Crippen LogP contribution in [-0.2, 0) is 12.6 Å². The van der Waals surface area contributed by atoms with Crippen molar-refractivity contribution in [3.63, 3.8) is 0 Å². The van der Waals surface area contributed by atoms with Crippen LogP contribution in [0.1, 0.15) is 22.7 Å². The van der Waals surface area contributed by atoms with E-state index >= 15 is 0 Å². The molecule has 70 valence electrons. The van der Waals surface area contributed by atoms with Gasteiger partial charge in [0.05, 0.1) is 5.56 Å². The van der Waals surface area contributed by atoms with E-state index in [2.05, 4.69) is 0 Å². The second-order valence-electron chi connectivity index (χ2n) is 3.22. The van der Waals surface area contributed by atoms with Gasteiger partial charge < -0.3 is 5.73 Å². The molecule has 0 aliphatic heterocycles. The summed E-state index contributed by atoms with van der Waals surface area (Å²) in [5, 5.41) is 0. The summed E-state index contributed by atoms with van der Waals surface area (Å²) >= 11 is 0. The minimum absolute atomic E-state index is 0.0720. The molecule has 2 rings (SSSR count). The molecule has 4 heteroatoms. The smallest absolute Gasteiger partial charge is 0.324 e. The summed E-state index contributed by atoms with van der Waals surface area (Å²) < 4.78 is 36.6. The van der Waals surface area contributed by atoms with Gasteiger partial charge in [0.2, 0.25) is 0 Å². The molecule has 1 aliphatic carbocycles. The molecule has 0 aromatic heterocycles. The summed E-state index contributed by atoms with van der Waals surface area (Å²) in [4.78, 5) is 0. The van der Waals surface area contributed by atoms with Gasteiger partial charge in [-0.05, 0) is 29.7 Å². The van der Waals surface area contributed by atoms with Gasteiger partial charge in [0.15, 0.2) is 0 Å². The third kappa shape index (κ3) is 1.31. The lowest BCUT2D eigenvalue weighted by atomic mass is 9.83. The van der Waals surface area contributed by atoms with Crippen LogP contribution in [0, 0.1) is 0 Å². The number of alkyl halides is 3. The molecule has 0 saturated heterocycles. The maximum Gasteiger partial charge on any atom is 0.416 e. The van der Waals surface area contributed by atoms with E-state index in [9.17, 15) is 13.2 Å². The van der Waals surface area contributed by atoms with Crippen LogP contribution in [0.3, 0.4) is 0 Å². The van der Waals surface area contributed by atoms with E-state index in [1.165, 1.54) is 12.1 Å². The van der Waals surface area contributed by atoms with Gasteiger partial charge in [0.25, 0.3) is 0 Å². The number of nitrogens with two attached hydrogens (primary N) is 1. The predicted octanol–water partition coefficient (Wildman–Crippen LogP) is 2.26. The average Bonchev–Trinajstić information content (AvgIpc) is 2.00. The minimum atomic E-state index is -4.24. The summed E-state index contributed by atoms with van der Waals surface area (Å²) in [6, 6.07) is 3.65. The molecule has 0 amide bonds. The molecule has 1 unspecified atom stereocenters. The van der Waals surface area contributed by atoms with Gasteiger partial charge in [0.1, 0.15) is 0 Å². The van der Waals surface area contributed by atoms with E-state index in [4.69, 9.17) is 5.73 Å². The summed E-state index contributed by atoms with van der Waals surface area (Å²) in [6.07, 6.45) is -3.69. The van der Waals surface area contributed by atoms with Crippen LogP contribution in [0.5, 0.6) is 0 Å². The fraction of sp³-hybridized carbons (Fsp3) is 0.333. The summed E-state index contributed by atoms with van der Waals surface area (Å²) in [5.41, 5.74) is 6.55. The zero-order chi connectivity index (χ0) is 9.64. The van der Waals surface area contributed by atoms with Crippen molar-refractivity contribution in [2.45, 2.75) is 18.6 Å². The molecule has 1 atom stereocenters. The van der Waals surface area contributed by atoms with E-state index in [1.54, 1.807) is 0 Å². The van der Waals surface area contributed by atoms with Crippen LogP contribution in [-0.4, -0.2) is 0 Å². The largest absolute Gasteiger partial charge is 0.416 e. The van der Waals surface area contributed by atoms with Crippen molar-refractivity contribution >= 4 is 0 Å². The zero-order valence-corrected chi connectivity index (χ0v) is 6.73. The van der Waals surface area contributed by atoms with Gasteiger partial charge in [-0.15, -0.1) is 0 Å². The van der Waals surface area contributed by atoms with E-state index in [-0.39, 0.29) is 6.04 Å². The first-order valence-corrected chi connectivity index (χ1v) is 3.94. The minimum Gasteiger partial charge on any atom is -0.324 e. The molecule has 0 heterocycles. The van der Waals surface area contributed by atoms with Crippen LogP contribution >= 0.6 is 0 Å². The standard InChI is InChI=1S/C9H8F3N/c10-9(11,12)6-1-2-7-5(3-6)4-8(7)13/h1-3,8H,4,13H2.